The van der Waals surface area contributed by atoms with E-state index >= 15 is 0 Å². The molecule has 0 saturated carbocycles. The van der Waals surface area contributed by atoms with E-state index in [1.807, 2.05) is 13.0 Å². The minimum Gasteiger partial charge on any atom is -0.312 e. The third kappa shape index (κ3) is 2.96. The van der Waals surface area contributed by atoms with Crippen molar-refractivity contribution in [3.05, 3.63) is 27.5 Å². The maximum Gasteiger partial charge on any atom is 0.135 e. The molecule has 1 N–H and O–H groups in total. The second-order valence-corrected chi connectivity index (χ2v) is 6.66. The number of rotatable bonds is 3. The summed E-state index contributed by atoms with van der Waals surface area (Å²) in [6, 6.07) is 3.15. The van der Waals surface area contributed by atoms with Gasteiger partial charge < -0.3 is 5.32 Å². The summed E-state index contributed by atoms with van der Waals surface area (Å²) < 4.78 is 0. The van der Waals surface area contributed by atoms with Crippen molar-refractivity contribution < 1.29 is 0 Å². The molecule has 1 aromatic heterocycles. The van der Waals surface area contributed by atoms with Gasteiger partial charge in [-0.05, 0) is 51.8 Å². The van der Waals surface area contributed by atoms with E-state index in [1.54, 1.807) is 0 Å². The van der Waals surface area contributed by atoms with Crippen LogP contribution in [-0.4, -0.2) is 35.1 Å². The third-order valence-electron chi connectivity index (χ3n) is 4.49. The first-order valence-corrected chi connectivity index (χ1v) is 8.19. The predicted molar refractivity (Wildman–Crippen MR) is 83.5 cm³/mol. The lowest BCUT2D eigenvalue weighted by Crippen LogP contribution is -2.43. The number of likely N-dealkylation sites (tertiary alicyclic amines) is 1. The van der Waals surface area contributed by atoms with Crippen LogP contribution in [0.5, 0.6) is 0 Å². The highest BCUT2D eigenvalue weighted by atomic mass is 35.5. The fraction of sp³-hybridized carbons (Fsp3) is 0.667. The number of nitrogens with one attached hydrogen (secondary N) is 1. The quantitative estimate of drug-likeness (QED) is 0.867. The molecule has 20 heavy (non-hydrogen) atoms. The standard InChI is InChI=1S/C15H21Cl2N3/c1-10-8-12(16)11(15(17)19-10)9-20-7-3-5-14(20)13-4-2-6-18-13/h8,13-14,18H,2-7,9H2,1H3. The van der Waals surface area contributed by atoms with Gasteiger partial charge in [-0.3, -0.25) is 4.90 Å². The topological polar surface area (TPSA) is 28.2 Å². The molecule has 2 atom stereocenters. The van der Waals surface area contributed by atoms with Crippen molar-refractivity contribution in [1.29, 1.82) is 0 Å². The van der Waals surface area contributed by atoms with Crippen molar-refractivity contribution in [3.8, 4) is 0 Å². The van der Waals surface area contributed by atoms with Crippen molar-refractivity contribution >= 4 is 23.2 Å². The lowest BCUT2D eigenvalue weighted by Gasteiger charge is -2.30. The highest BCUT2D eigenvalue weighted by molar-refractivity contribution is 6.35. The summed E-state index contributed by atoms with van der Waals surface area (Å²) >= 11 is 12.6. The van der Waals surface area contributed by atoms with Crippen LogP contribution in [0.1, 0.15) is 36.9 Å². The molecule has 2 fully saturated rings. The molecule has 2 aliphatic rings. The number of halogens is 2. The monoisotopic (exact) mass is 313 g/mol. The first kappa shape index (κ1) is 14.6. The number of nitrogens with zero attached hydrogens (tertiary/aromatic N) is 2. The molecule has 110 valence electrons. The Morgan fingerprint density at radius 3 is 2.90 bits per heavy atom. The summed E-state index contributed by atoms with van der Waals surface area (Å²) in [6.07, 6.45) is 5.11. The SMILES string of the molecule is Cc1cc(Cl)c(CN2CCCC2C2CCCN2)c(Cl)n1. The highest BCUT2D eigenvalue weighted by Gasteiger charge is 2.33. The molecule has 2 aliphatic heterocycles. The van der Waals surface area contributed by atoms with Crippen molar-refractivity contribution in [2.75, 3.05) is 13.1 Å². The van der Waals surface area contributed by atoms with Crippen molar-refractivity contribution in [2.24, 2.45) is 0 Å². The molecule has 2 unspecified atom stereocenters. The van der Waals surface area contributed by atoms with Crippen LogP contribution < -0.4 is 5.32 Å². The van der Waals surface area contributed by atoms with Crippen LogP contribution in [0, 0.1) is 6.92 Å². The Hall–Kier alpha value is -0.350. The zero-order valence-electron chi connectivity index (χ0n) is 11.8. The molecule has 3 nitrogen and oxygen atoms in total. The number of hydrogen-bond acceptors (Lipinski definition) is 3. The van der Waals surface area contributed by atoms with Gasteiger partial charge in [0, 0.05) is 34.9 Å². The van der Waals surface area contributed by atoms with Crippen LogP contribution in [0.2, 0.25) is 10.2 Å². The summed E-state index contributed by atoms with van der Waals surface area (Å²) in [5.74, 6) is 0. The first-order valence-electron chi connectivity index (χ1n) is 7.44. The molecule has 0 aromatic carbocycles. The van der Waals surface area contributed by atoms with Crippen LogP contribution in [0.25, 0.3) is 0 Å². The van der Waals surface area contributed by atoms with E-state index in [1.165, 1.54) is 25.7 Å². The van der Waals surface area contributed by atoms with Gasteiger partial charge in [-0.1, -0.05) is 23.2 Å². The fourth-order valence-electron chi connectivity index (χ4n) is 3.51. The van der Waals surface area contributed by atoms with Crippen LogP contribution >= 0.6 is 23.2 Å². The largest absolute Gasteiger partial charge is 0.312 e. The summed E-state index contributed by atoms with van der Waals surface area (Å²) in [5, 5.41) is 4.93. The maximum atomic E-state index is 6.35. The van der Waals surface area contributed by atoms with Crippen LogP contribution in [0.15, 0.2) is 6.07 Å². The molecule has 0 aliphatic carbocycles. The molecular formula is C15H21Cl2N3. The Morgan fingerprint density at radius 2 is 2.20 bits per heavy atom. The Kier molecular flexibility index (Phi) is 4.51. The molecule has 2 saturated heterocycles. The van der Waals surface area contributed by atoms with Crippen LogP contribution in [0.3, 0.4) is 0 Å². The van der Waals surface area contributed by atoms with Gasteiger partial charge in [-0.2, -0.15) is 0 Å². The summed E-state index contributed by atoms with van der Waals surface area (Å²) in [4.78, 5) is 6.86. The predicted octanol–water partition coefficient (Wildman–Crippen LogP) is 3.41. The van der Waals surface area contributed by atoms with Crippen molar-refractivity contribution in [2.45, 2.75) is 51.2 Å². The third-order valence-corrected chi connectivity index (χ3v) is 5.14. The Balaban J connectivity index is 1.76. The van der Waals surface area contributed by atoms with E-state index in [2.05, 4.69) is 15.2 Å². The number of pyridine rings is 1. The molecule has 0 amide bonds. The molecule has 3 rings (SSSR count). The second-order valence-electron chi connectivity index (χ2n) is 5.90. The highest BCUT2D eigenvalue weighted by Crippen LogP contribution is 2.30. The molecular weight excluding hydrogens is 293 g/mol. The molecule has 5 heteroatoms. The number of aromatic nitrogens is 1. The first-order chi connectivity index (χ1) is 9.65. The van der Waals surface area contributed by atoms with E-state index in [4.69, 9.17) is 23.2 Å². The van der Waals surface area contributed by atoms with Crippen molar-refractivity contribution in [1.82, 2.24) is 15.2 Å². The van der Waals surface area contributed by atoms with Gasteiger partial charge in [-0.25, -0.2) is 4.98 Å². The van der Waals surface area contributed by atoms with Gasteiger partial charge in [-0.15, -0.1) is 0 Å². The maximum absolute atomic E-state index is 6.35. The van der Waals surface area contributed by atoms with Crippen LogP contribution in [-0.2, 0) is 6.54 Å². The zero-order valence-corrected chi connectivity index (χ0v) is 13.3. The Labute approximate surface area is 130 Å². The molecule has 3 heterocycles. The molecule has 1 aromatic rings. The Morgan fingerprint density at radius 1 is 1.35 bits per heavy atom. The van der Waals surface area contributed by atoms with Crippen LogP contribution in [0.4, 0.5) is 0 Å². The van der Waals surface area contributed by atoms with Gasteiger partial charge in [0.25, 0.3) is 0 Å². The van der Waals surface area contributed by atoms with Gasteiger partial charge in [0.05, 0.1) is 0 Å². The minimum atomic E-state index is 0.556. The smallest absolute Gasteiger partial charge is 0.135 e. The summed E-state index contributed by atoms with van der Waals surface area (Å²) in [6.45, 7) is 5.02. The fourth-order valence-corrected chi connectivity index (χ4v) is 4.16. The molecule has 0 spiro atoms. The average Bonchev–Trinajstić information content (AvgIpc) is 3.04. The lowest BCUT2D eigenvalue weighted by molar-refractivity contribution is 0.206. The molecule has 0 radical (unpaired) electrons. The van der Waals surface area contributed by atoms with E-state index in [0.29, 0.717) is 17.2 Å². The van der Waals surface area contributed by atoms with Crippen molar-refractivity contribution in [3.63, 3.8) is 0 Å². The molecule has 0 bridgehead atoms. The minimum absolute atomic E-state index is 0.556. The van der Waals surface area contributed by atoms with Gasteiger partial charge in [0.15, 0.2) is 0 Å². The normalized spacial score (nSPS) is 27.4. The van der Waals surface area contributed by atoms with E-state index < -0.39 is 0 Å². The summed E-state index contributed by atoms with van der Waals surface area (Å²) in [5.41, 5.74) is 1.85. The van der Waals surface area contributed by atoms with E-state index in [-0.39, 0.29) is 0 Å². The van der Waals surface area contributed by atoms with E-state index in [9.17, 15) is 0 Å². The van der Waals surface area contributed by atoms with Gasteiger partial charge in [0.2, 0.25) is 0 Å². The number of hydrogen-bond donors (Lipinski definition) is 1. The second kappa shape index (κ2) is 6.18. The zero-order chi connectivity index (χ0) is 14.1. The van der Waals surface area contributed by atoms with Gasteiger partial charge in [0.1, 0.15) is 5.15 Å². The summed E-state index contributed by atoms with van der Waals surface area (Å²) in [7, 11) is 0. The average molecular weight is 314 g/mol. The Bertz CT molecular complexity index is 463. The van der Waals surface area contributed by atoms with Gasteiger partial charge >= 0.3 is 0 Å². The lowest BCUT2D eigenvalue weighted by atomic mass is 10.0. The number of aryl methyl sites for hydroxylation is 1. The van der Waals surface area contributed by atoms with E-state index in [0.717, 1.165) is 35.9 Å².